The predicted molar refractivity (Wildman–Crippen MR) is 68.7 cm³/mol. The van der Waals surface area contributed by atoms with Crippen molar-refractivity contribution in [1.82, 2.24) is 9.55 Å². The first-order chi connectivity index (χ1) is 8.20. The van der Waals surface area contributed by atoms with E-state index in [2.05, 4.69) is 16.5 Å². The lowest BCUT2D eigenvalue weighted by molar-refractivity contribution is 0.0429. The highest BCUT2D eigenvalue weighted by Crippen LogP contribution is 2.33. The molecule has 0 bridgehead atoms. The number of hydrogen-bond donors (Lipinski definition) is 1. The molecule has 0 saturated heterocycles. The summed E-state index contributed by atoms with van der Waals surface area (Å²) in [5, 5.41) is 10.1. The fraction of sp³-hybridized carbons (Fsp3) is 0.786. The monoisotopic (exact) mass is 236 g/mol. The Morgan fingerprint density at radius 2 is 2.29 bits per heavy atom. The molecule has 1 aliphatic carbocycles. The standard InChI is InChI=1S/C14H24N2O/c1-3-11-4-6-13(17)12(10-11)5-7-14-15-8-9-16(14)2/h8-9,11-13,17H,3-7,10H2,1-2H3. The Labute approximate surface area is 104 Å². The molecule has 1 aromatic heterocycles. The fourth-order valence-electron chi connectivity index (χ4n) is 2.98. The first kappa shape index (κ1) is 12.6. The second kappa shape index (κ2) is 5.67. The molecule has 1 aliphatic rings. The third-order valence-corrected chi connectivity index (χ3v) is 4.29. The van der Waals surface area contributed by atoms with E-state index in [9.17, 15) is 5.11 Å². The third kappa shape index (κ3) is 3.09. The lowest BCUT2D eigenvalue weighted by Gasteiger charge is -2.32. The first-order valence-corrected chi connectivity index (χ1v) is 6.85. The zero-order valence-corrected chi connectivity index (χ0v) is 11.0. The lowest BCUT2D eigenvalue weighted by Crippen LogP contribution is -2.29. The zero-order chi connectivity index (χ0) is 12.3. The van der Waals surface area contributed by atoms with Crippen LogP contribution >= 0.6 is 0 Å². The molecule has 3 heteroatoms. The van der Waals surface area contributed by atoms with Gasteiger partial charge in [0.1, 0.15) is 5.82 Å². The Morgan fingerprint density at radius 1 is 1.47 bits per heavy atom. The highest BCUT2D eigenvalue weighted by atomic mass is 16.3. The molecule has 1 N–H and O–H groups in total. The molecule has 1 heterocycles. The van der Waals surface area contributed by atoms with Gasteiger partial charge in [0.15, 0.2) is 0 Å². The average Bonchev–Trinajstić information content (AvgIpc) is 2.74. The van der Waals surface area contributed by atoms with Gasteiger partial charge in [-0.15, -0.1) is 0 Å². The van der Waals surface area contributed by atoms with Crippen LogP contribution < -0.4 is 0 Å². The van der Waals surface area contributed by atoms with Gasteiger partial charge in [0.25, 0.3) is 0 Å². The van der Waals surface area contributed by atoms with Crippen LogP contribution in [0.4, 0.5) is 0 Å². The molecule has 0 radical (unpaired) electrons. The maximum absolute atomic E-state index is 10.1. The molecule has 3 nitrogen and oxygen atoms in total. The molecule has 1 aromatic rings. The van der Waals surface area contributed by atoms with E-state index < -0.39 is 0 Å². The van der Waals surface area contributed by atoms with Gasteiger partial charge in [-0.05, 0) is 37.5 Å². The summed E-state index contributed by atoms with van der Waals surface area (Å²) in [6, 6.07) is 0. The number of rotatable bonds is 4. The van der Waals surface area contributed by atoms with Crippen molar-refractivity contribution < 1.29 is 5.11 Å². The van der Waals surface area contributed by atoms with Crippen molar-refractivity contribution in [3.8, 4) is 0 Å². The summed E-state index contributed by atoms with van der Waals surface area (Å²) in [6.07, 6.45) is 10.5. The minimum atomic E-state index is -0.0851. The van der Waals surface area contributed by atoms with Crippen LogP contribution in [0.1, 0.15) is 44.9 Å². The van der Waals surface area contributed by atoms with E-state index in [1.807, 2.05) is 19.4 Å². The average molecular weight is 236 g/mol. The zero-order valence-electron chi connectivity index (χ0n) is 11.0. The summed E-state index contributed by atoms with van der Waals surface area (Å²) in [4.78, 5) is 4.35. The van der Waals surface area contributed by atoms with E-state index in [4.69, 9.17) is 0 Å². The van der Waals surface area contributed by atoms with E-state index in [1.165, 1.54) is 19.3 Å². The summed E-state index contributed by atoms with van der Waals surface area (Å²) in [7, 11) is 2.04. The maximum atomic E-state index is 10.1. The van der Waals surface area contributed by atoms with Crippen molar-refractivity contribution in [2.24, 2.45) is 18.9 Å². The Balaban J connectivity index is 1.87. The van der Waals surface area contributed by atoms with Crippen molar-refractivity contribution in [2.75, 3.05) is 0 Å². The van der Waals surface area contributed by atoms with Crippen LogP contribution in [0.3, 0.4) is 0 Å². The molecule has 3 atom stereocenters. The number of aliphatic hydroxyl groups is 1. The first-order valence-electron chi connectivity index (χ1n) is 6.85. The molecule has 0 aliphatic heterocycles. The minimum Gasteiger partial charge on any atom is -0.393 e. The second-order valence-electron chi connectivity index (χ2n) is 5.41. The summed E-state index contributed by atoms with van der Waals surface area (Å²) in [5.74, 6) is 2.44. The Bertz CT molecular complexity index is 348. The second-order valence-corrected chi connectivity index (χ2v) is 5.41. The van der Waals surface area contributed by atoms with Crippen LogP contribution in [0, 0.1) is 11.8 Å². The number of aryl methyl sites for hydroxylation is 2. The number of aromatic nitrogens is 2. The highest BCUT2D eigenvalue weighted by molar-refractivity contribution is 4.92. The predicted octanol–water partition coefficient (Wildman–Crippen LogP) is 2.54. The van der Waals surface area contributed by atoms with Gasteiger partial charge in [-0.1, -0.05) is 13.3 Å². The number of nitrogens with zero attached hydrogens (tertiary/aromatic N) is 2. The van der Waals surface area contributed by atoms with Crippen LogP contribution in [0.15, 0.2) is 12.4 Å². The quantitative estimate of drug-likeness (QED) is 0.872. The van der Waals surface area contributed by atoms with Crippen LogP contribution in [0.25, 0.3) is 0 Å². The van der Waals surface area contributed by atoms with Crippen molar-refractivity contribution in [1.29, 1.82) is 0 Å². The SMILES string of the molecule is CCC1CCC(O)C(CCc2nccn2C)C1. The number of aliphatic hydroxyl groups excluding tert-OH is 1. The molecule has 17 heavy (non-hydrogen) atoms. The smallest absolute Gasteiger partial charge is 0.108 e. The van der Waals surface area contributed by atoms with E-state index in [-0.39, 0.29) is 6.10 Å². The van der Waals surface area contributed by atoms with Crippen molar-refractivity contribution >= 4 is 0 Å². The van der Waals surface area contributed by atoms with Crippen LogP contribution in [0.5, 0.6) is 0 Å². The largest absolute Gasteiger partial charge is 0.393 e. The number of imidazole rings is 1. The molecule has 1 fully saturated rings. The number of hydrogen-bond acceptors (Lipinski definition) is 2. The van der Waals surface area contributed by atoms with Gasteiger partial charge < -0.3 is 9.67 Å². The Morgan fingerprint density at radius 3 is 2.94 bits per heavy atom. The van der Waals surface area contributed by atoms with E-state index in [0.29, 0.717) is 5.92 Å². The molecule has 0 spiro atoms. The molecular weight excluding hydrogens is 212 g/mol. The van der Waals surface area contributed by atoms with Gasteiger partial charge in [-0.3, -0.25) is 0 Å². The molecule has 96 valence electrons. The fourth-order valence-corrected chi connectivity index (χ4v) is 2.98. The van der Waals surface area contributed by atoms with Gasteiger partial charge in [-0.2, -0.15) is 0 Å². The van der Waals surface area contributed by atoms with Crippen LogP contribution in [0.2, 0.25) is 0 Å². The Kier molecular flexibility index (Phi) is 4.21. The molecule has 1 saturated carbocycles. The van der Waals surface area contributed by atoms with Crippen molar-refractivity contribution in [3.63, 3.8) is 0 Å². The van der Waals surface area contributed by atoms with Gasteiger partial charge in [0.05, 0.1) is 6.10 Å². The van der Waals surface area contributed by atoms with E-state index >= 15 is 0 Å². The van der Waals surface area contributed by atoms with E-state index in [0.717, 1.165) is 31.0 Å². The minimum absolute atomic E-state index is 0.0851. The van der Waals surface area contributed by atoms with Crippen molar-refractivity contribution in [3.05, 3.63) is 18.2 Å². The lowest BCUT2D eigenvalue weighted by atomic mass is 9.76. The maximum Gasteiger partial charge on any atom is 0.108 e. The molecular formula is C14H24N2O. The molecule has 0 amide bonds. The third-order valence-electron chi connectivity index (χ3n) is 4.29. The van der Waals surface area contributed by atoms with Gasteiger partial charge in [0, 0.05) is 25.9 Å². The summed E-state index contributed by atoms with van der Waals surface area (Å²) >= 11 is 0. The molecule has 2 rings (SSSR count). The van der Waals surface area contributed by atoms with Gasteiger partial charge in [0.2, 0.25) is 0 Å². The summed E-state index contributed by atoms with van der Waals surface area (Å²) in [6.45, 7) is 2.26. The van der Waals surface area contributed by atoms with Crippen LogP contribution in [-0.4, -0.2) is 20.8 Å². The van der Waals surface area contributed by atoms with Crippen molar-refractivity contribution in [2.45, 2.75) is 51.6 Å². The summed E-state index contributed by atoms with van der Waals surface area (Å²) in [5.41, 5.74) is 0. The topological polar surface area (TPSA) is 38.1 Å². The summed E-state index contributed by atoms with van der Waals surface area (Å²) < 4.78 is 2.08. The van der Waals surface area contributed by atoms with E-state index in [1.54, 1.807) is 0 Å². The van der Waals surface area contributed by atoms with Crippen LogP contribution in [-0.2, 0) is 13.5 Å². The Hall–Kier alpha value is -0.830. The van der Waals surface area contributed by atoms with Gasteiger partial charge >= 0.3 is 0 Å². The normalized spacial score (nSPS) is 29.5. The molecule has 0 aromatic carbocycles. The van der Waals surface area contributed by atoms with Gasteiger partial charge in [-0.25, -0.2) is 4.98 Å². The highest BCUT2D eigenvalue weighted by Gasteiger charge is 2.28. The molecule has 3 unspecified atom stereocenters.